The second-order valence-corrected chi connectivity index (χ2v) is 8.08. The Kier molecular flexibility index (Phi) is 3.63. The Morgan fingerprint density at radius 1 is 1.22 bits per heavy atom. The Balaban J connectivity index is 1.42. The van der Waals surface area contributed by atoms with Crippen LogP contribution in [0.15, 0.2) is 29.4 Å². The van der Waals surface area contributed by atoms with Crippen LogP contribution in [0.4, 0.5) is 0 Å². The molecule has 1 saturated heterocycles. The summed E-state index contributed by atoms with van der Waals surface area (Å²) >= 11 is 6.03. The van der Waals surface area contributed by atoms with Crippen molar-refractivity contribution in [2.45, 2.75) is 13.3 Å². The van der Waals surface area contributed by atoms with Crippen LogP contribution in [-0.4, -0.2) is 34.8 Å². The van der Waals surface area contributed by atoms with Gasteiger partial charge in [-0.15, -0.1) is 0 Å². The Morgan fingerprint density at radius 2 is 1.85 bits per heavy atom. The van der Waals surface area contributed by atoms with Crippen LogP contribution in [0.2, 0.25) is 5.02 Å². The smallest absolute Gasteiger partial charge is 0.254 e. The lowest BCUT2D eigenvalue weighted by Gasteiger charge is -2.37. The van der Waals surface area contributed by atoms with Crippen LogP contribution in [0.25, 0.3) is 0 Å². The van der Waals surface area contributed by atoms with Gasteiger partial charge in [-0.1, -0.05) is 23.8 Å². The third-order valence-corrected chi connectivity index (χ3v) is 6.60. The van der Waals surface area contributed by atoms with Crippen LogP contribution in [0, 0.1) is 35.5 Å². The standard InChI is InChI=1S/C20H19ClN2O4/c1-2-27-15-6-9(5-14(21)18(15)24)8-22-23-19(25)16-10-3-4-11(13-7-12(10)13)17(16)20(23)26/h3-6,8,10-13,16-17,24H,2,7H2,1H3/b22-8-/t10-,11-,12-,13+,16+,17+/m1/s1. The zero-order valence-electron chi connectivity index (χ0n) is 14.7. The van der Waals surface area contributed by atoms with Crippen molar-refractivity contribution in [3.8, 4) is 11.5 Å². The molecule has 1 heterocycles. The van der Waals surface area contributed by atoms with Gasteiger partial charge in [-0.3, -0.25) is 9.59 Å². The first-order valence-corrected chi connectivity index (χ1v) is 9.64. The molecule has 2 bridgehead atoms. The Labute approximate surface area is 161 Å². The third-order valence-electron chi connectivity index (χ3n) is 6.31. The summed E-state index contributed by atoms with van der Waals surface area (Å²) in [5.74, 6) is 0.619. The molecule has 0 unspecified atom stereocenters. The average Bonchev–Trinajstić information content (AvgIpc) is 3.43. The zero-order valence-corrected chi connectivity index (χ0v) is 15.5. The number of rotatable bonds is 4. The molecule has 6 atom stereocenters. The molecule has 0 aromatic heterocycles. The maximum Gasteiger partial charge on any atom is 0.254 e. The number of carbonyl (C=O) groups is 2. The van der Waals surface area contributed by atoms with Gasteiger partial charge in [0.1, 0.15) is 0 Å². The molecule has 6 nitrogen and oxygen atoms in total. The topological polar surface area (TPSA) is 79.2 Å². The number of allylic oxidation sites excluding steroid dienone is 2. The minimum absolute atomic E-state index is 0.123. The fourth-order valence-corrected chi connectivity index (χ4v) is 5.33. The lowest BCUT2D eigenvalue weighted by atomic mass is 9.63. The van der Waals surface area contributed by atoms with Gasteiger partial charge in [-0.2, -0.15) is 10.1 Å². The molecule has 27 heavy (non-hydrogen) atoms. The zero-order chi connectivity index (χ0) is 18.9. The molecule has 5 aliphatic rings. The number of amides is 2. The molecule has 140 valence electrons. The largest absolute Gasteiger partial charge is 0.503 e. The molecule has 1 aromatic rings. The van der Waals surface area contributed by atoms with Crippen molar-refractivity contribution in [1.82, 2.24) is 5.01 Å². The Bertz CT molecular complexity index is 875. The van der Waals surface area contributed by atoms with Gasteiger partial charge < -0.3 is 9.84 Å². The summed E-state index contributed by atoms with van der Waals surface area (Å²) in [6, 6.07) is 3.09. The van der Waals surface area contributed by atoms with Crippen molar-refractivity contribution in [2.24, 2.45) is 40.6 Å². The second kappa shape index (κ2) is 5.83. The predicted molar refractivity (Wildman–Crippen MR) is 98.4 cm³/mol. The Hall–Kier alpha value is -2.34. The van der Waals surface area contributed by atoms with Gasteiger partial charge >= 0.3 is 0 Å². The van der Waals surface area contributed by atoms with Crippen molar-refractivity contribution in [2.75, 3.05) is 6.61 Å². The first kappa shape index (κ1) is 16.8. The Morgan fingerprint density at radius 3 is 2.44 bits per heavy atom. The molecule has 1 aromatic carbocycles. The van der Waals surface area contributed by atoms with E-state index in [1.807, 2.05) is 0 Å². The van der Waals surface area contributed by atoms with E-state index in [9.17, 15) is 14.7 Å². The van der Waals surface area contributed by atoms with Crippen molar-refractivity contribution < 1.29 is 19.4 Å². The molecular formula is C20H19ClN2O4. The highest BCUT2D eigenvalue weighted by Crippen LogP contribution is 2.65. The quantitative estimate of drug-likeness (QED) is 0.490. The number of phenolic OH excluding ortho intramolecular Hbond substituents is 1. The van der Waals surface area contributed by atoms with Gasteiger partial charge in [0.15, 0.2) is 11.5 Å². The highest BCUT2D eigenvalue weighted by atomic mass is 35.5. The minimum atomic E-state index is -0.268. The number of nitrogens with zero attached hydrogens (tertiary/aromatic N) is 2. The molecule has 2 amide bonds. The van der Waals surface area contributed by atoms with Crippen LogP contribution in [0.5, 0.6) is 11.5 Å². The van der Waals surface area contributed by atoms with Crippen LogP contribution in [-0.2, 0) is 9.59 Å². The highest BCUT2D eigenvalue weighted by Gasteiger charge is 2.67. The number of ether oxygens (including phenoxy) is 1. The summed E-state index contributed by atoms with van der Waals surface area (Å²) in [7, 11) is 0. The van der Waals surface area contributed by atoms with E-state index in [4.69, 9.17) is 16.3 Å². The molecule has 2 saturated carbocycles. The normalized spacial score (nSPS) is 35.7. The van der Waals surface area contributed by atoms with Gasteiger partial charge in [0, 0.05) is 0 Å². The minimum Gasteiger partial charge on any atom is -0.503 e. The molecule has 0 spiro atoms. The van der Waals surface area contributed by atoms with Crippen LogP contribution >= 0.6 is 11.6 Å². The summed E-state index contributed by atoms with van der Waals surface area (Å²) < 4.78 is 5.35. The van der Waals surface area contributed by atoms with E-state index in [0.717, 1.165) is 11.4 Å². The second-order valence-electron chi connectivity index (χ2n) is 7.67. The molecule has 1 N–H and O–H groups in total. The van der Waals surface area contributed by atoms with E-state index in [2.05, 4.69) is 17.3 Å². The third kappa shape index (κ3) is 2.35. The molecule has 0 radical (unpaired) electrons. The average molecular weight is 387 g/mol. The van der Waals surface area contributed by atoms with Crippen LogP contribution in [0.3, 0.4) is 0 Å². The van der Waals surface area contributed by atoms with E-state index < -0.39 is 0 Å². The van der Waals surface area contributed by atoms with Crippen molar-refractivity contribution in [3.05, 3.63) is 34.9 Å². The predicted octanol–water partition coefficient (Wildman–Crippen LogP) is 2.83. The summed E-state index contributed by atoms with van der Waals surface area (Å²) in [5.41, 5.74) is 0.542. The lowest BCUT2D eigenvalue weighted by molar-refractivity contribution is -0.140. The maximum atomic E-state index is 12.9. The summed E-state index contributed by atoms with van der Waals surface area (Å²) in [6.07, 6.45) is 6.81. The molecule has 4 aliphatic carbocycles. The fraction of sp³-hybridized carbons (Fsp3) is 0.450. The van der Waals surface area contributed by atoms with Gasteiger partial charge in [-0.05, 0) is 54.7 Å². The first-order chi connectivity index (χ1) is 13.0. The fourth-order valence-electron chi connectivity index (χ4n) is 5.11. The summed E-state index contributed by atoms with van der Waals surface area (Å²) in [6.45, 7) is 2.17. The molecular weight excluding hydrogens is 368 g/mol. The summed E-state index contributed by atoms with van der Waals surface area (Å²) in [5, 5.41) is 15.2. The molecule has 1 aliphatic heterocycles. The number of carbonyl (C=O) groups excluding carboxylic acids is 2. The number of hydrazone groups is 1. The highest BCUT2D eigenvalue weighted by molar-refractivity contribution is 6.32. The van der Waals surface area contributed by atoms with Gasteiger partial charge in [0.25, 0.3) is 11.8 Å². The SMILES string of the molecule is CCOc1cc(/C=N\N2C(=O)[C@H]3[C@@H]4C=C[C@H]([C@@H]5C[C@H]45)[C@@H]3C2=O)cc(Cl)c1O. The molecule has 7 heteroatoms. The monoisotopic (exact) mass is 386 g/mol. The van der Waals surface area contributed by atoms with Crippen LogP contribution in [0.1, 0.15) is 18.9 Å². The van der Waals surface area contributed by atoms with Crippen LogP contribution < -0.4 is 4.74 Å². The first-order valence-electron chi connectivity index (χ1n) is 9.26. The van der Waals surface area contributed by atoms with Gasteiger partial charge in [0.2, 0.25) is 0 Å². The molecule has 3 fully saturated rings. The van der Waals surface area contributed by atoms with E-state index >= 15 is 0 Å². The van der Waals surface area contributed by atoms with Gasteiger partial charge in [0.05, 0.1) is 29.7 Å². The van der Waals surface area contributed by atoms with Crippen molar-refractivity contribution >= 4 is 29.6 Å². The number of hydrogen-bond donors (Lipinski definition) is 1. The van der Waals surface area contributed by atoms with E-state index in [0.29, 0.717) is 24.0 Å². The van der Waals surface area contributed by atoms with E-state index in [1.54, 1.807) is 13.0 Å². The van der Waals surface area contributed by atoms with Crippen molar-refractivity contribution in [3.63, 3.8) is 0 Å². The summed E-state index contributed by atoms with van der Waals surface area (Å²) in [4.78, 5) is 25.8. The maximum absolute atomic E-state index is 12.9. The lowest BCUT2D eigenvalue weighted by Crippen LogP contribution is -2.40. The number of hydrogen-bond acceptors (Lipinski definition) is 5. The number of benzene rings is 1. The van der Waals surface area contributed by atoms with Crippen molar-refractivity contribution in [1.29, 1.82) is 0 Å². The number of halogens is 1. The number of phenols is 1. The van der Waals surface area contributed by atoms with E-state index in [1.165, 1.54) is 12.3 Å². The van der Waals surface area contributed by atoms with Gasteiger partial charge in [-0.25, -0.2) is 0 Å². The number of aromatic hydroxyl groups is 1. The number of imide groups is 1. The molecule has 6 rings (SSSR count). The van der Waals surface area contributed by atoms with E-state index in [-0.39, 0.29) is 52.0 Å².